The van der Waals surface area contributed by atoms with Crippen molar-refractivity contribution in [3.05, 3.63) is 0 Å². The molecule has 1 aliphatic rings. The zero-order chi connectivity index (χ0) is 11.5. The lowest BCUT2D eigenvalue weighted by molar-refractivity contribution is 0.0936. The molecule has 1 atom stereocenters. The maximum atomic E-state index is 6.04. The summed E-state index contributed by atoms with van der Waals surface area (Å²) in [6.45, 7) is 8.92. The SMILES string of the molecule is CCCN(C)C1(CN)CSCC(C)(C)C1. The summed E-state index contributed by atoms with van der Waals surface area (Å²) in [6, 6.07) is 0. The average Bonchev–Trinajstić information content (AvgIpc) is 2.16. The van der Waals surface area contributed by atoms with Gasteiger partial charge in [-0.25, -0.2) is 0 Å². The van der Waals surface area contributed by atoms with E-state index >= 15 is 0 Å². The second-order valence-electron chi connectivity index (χ2n) is 5.68. The zero-order valence-electron chi connectivity index (χ0n) is 10.7. The van der Waals surface area contributed by atoms with Gasteiger partial charge in [0, 0.05) is 17.8 Å². The highest BCUT2D eigenvalue weighted by Gasteiger charge is 2.41. The lowest BCUT2D eigenvalue weighted by atomic mass is 9.79. The molecule has 0 aromatic carbocycles. The van der Waals surface area contributed by atoms with Crippen molar-refractivity contribution in [2.75, 3.05) is 31.6 Å². The van der Waals surface area contributed by atoms with Crippen LogP contribution in [0.3, 0.4) is 0 Å². The van der Waals surface area contributed by atoms with Crippen LogP contribution in [-0.2, 0) is 0 Å². The first kappa shape index (κ1) is 13.3. The second-order valence-corrected chi connectivity index (χ2v) is 6.67. The van der Waals surface area contributed by atoms with E-state index in [-0.39, 0.29) is 5.54 Å². The van der Waals surface area contributed by atoms with Crippen LogP contribution in [0.15, 0.2) is 0 Å². The van der Waals surface area contributed by atoms with Crippen molar-refractivity contribution >= 4 is 11.8 Å². The summed E-state index contributed by atoms with van der Waals surface area (Å²) in [5.74, 6) is 2.47. The van der Waals surface area contributed by atoms with Gasteiger partial charge in [-0.1, -0.05) is 20.8 Å². The van der Waals surface area contributed by atoms with Crippen LogP contribution in [0.25, 0.3) is 0 Å². The van der Waals surface area contributed by atoms with E-state index in [0.717, 1.165) is 13.1 Å². The van der Waals surface area contributed by atoms with E-state index in [9.17, 15) is 0 Å². The van der Waals surface area contributed by atoms with Crippen molar-refractivity contribution < 1.29 is 0 Å². The Hall–Kier alpha value is 0.270. The van der Waals surface area contributed by atoms with Crippen LogP contribution >= 0.6 is 11.8 Å². The molecule has 2 N–H and O–H groups in total. The third-order valence-electron chi connectivity index (χ3n) is 3.42. The van der Waals surface area contributed by atoms with Crippen LogP contribution in [0, 0.1) is 5.41 Å². The molecule has 1 fully saturated rings. The van der Waals surface area contributed by atoms with Crippen LogP contribution in [0.1, 0.15) is 33.6 Å². The standard InChI is InChI=1S/C12H26N2S/c1-5-6-14(4)12(8-13)7-11(2,3)9-15-10-12/h5-10,13H2,1-4H3. The molecule has 3 heteroatoms. The molecule has 0 saturated carbocycles. The lowest BCUT2D eigenvalue weighted by Gasteiger charge is -2.49. The average molecular weight is 230 g/mol. The maximum Gasteiger partial charge on any atom is 0.0424 e. The van der Waals surface area contributed by atoms with Crippen molar-refractivity contribution in [1.29, 1.82) is 0 Å². The molecule has 0 aliphatic carbocycles. The van der Waals surface area contributed by atoms with E-state index in [1.165, 1.54) is 24.3 Å². The predicted octanol–water partition coefficient (Wildman–Crippen LogP) is 2.19. The van der Waals surface area contributed by atoms with Crippen LogP contribution in [0.5, 0.6) is 0 Å². The minimum atomic E-state index is 0.239. The highest BCUT2D eigenvalue weighted by atomic mass is 32.2. The molecule has 0 amide bonds. The first-order valence-electron chi connectivity index (χ1n) is 5.95. The van der Waals surface area contributed by atoms with Gasteiger partial charge in [-0.3, -0.25) is 4.90 Å². The van der Waals surface area contributed by atoms with Crippen molar-refractivity contribution in [2.24, 2.45) is 11.1 Å². The topological polar surface area (TPSA) is 29.3 Å². The molecular formula is C12H26N2S. The summed E-state index contributed by atoms with van der Waals surface area (Å²) in [5.41, 5.74) is 6.71. The Kier molecular flexibility index (Phi) is 4.50. The molecule has 2 nitrogen and oxygen atoms in total. The Bertz CT molecular complexity index is 206. The van der Waals surface area contributed by atoms with Gasteiger partial charge in [0.25, 0.3) is 0 Å². The van der Waals surface area contributed by atoms with E-state index in [1.54, 1.807) is 0 Å². The number of hydrogen-bond donors (Lipinski definition) is 1. The lowest BCUT2D eigenvalue weighted by Crippen LogP contribution is -2.58. The van der Waals surface area contributed by atoms with Gasteiger partial charge >= 0.3 is 0 Å². The Morgan fingerprint density at radius 1 is 1.33 bits per heavy atom. The first-order chi connectivity index (χ1) is 6.96. The van der Waals surface area contributed by atoms with E-state index < -0.39 is 0 Å². The van der Waals surface area contributed by atoms with Crippen molar-refractivity contribution in [3.63, 3.8) is 0 Å². The van der Waals surface area contributed by atoms with E-state index in [4.69, 9.17) is 5.73 Å². The third-order valence-corrected chi connectivity index (χ3v) is 5.15. The Balaban J connectivity index is 2.74. The largest absolute Gasteiger partial charge is 0.329 e. The quantitative estimate of drug-likeness (QED) is 0.803. The molecule has 0 aromatic rings. The molecule has 0 aromatic heterocycles. The zero-order valence-corrected chi connectivity index (χ0v) is 11.5. The molecule has 0 radical (unpaired) electrons. The van der Waals surface area contributed by atoms with Gasteiger partial charge in [-0.15, -0.1) is 0 Å². The minimum absolute atomic E-state index is 0.239. The number of nitrogens with zero attached hydrogens (tertiary/aromatic N) is 1. The summed E-state index contributed by atoms with van der Waals surface area (Å²) in [7, 11) is 2.23. The van der Waals surface area contributed by atoms with Crippen molar-refractivity contribution in [2.45, 2.75) is 39.2 Å². The molecular weight excluding hydrogens is 204 g/mol. The van der Waals surface area contributed by atoms with Gasteiger partial charge in [0.05, 0.1) is 0 Å². The number of rotatable bonds is 4. The van der Waals surface area contributed by atoms with Gasteiger partial charge in [-0.05, 0) is 37.6 Å². The third kappa shape index (κ3) is 3.11. The summed E-state index contributed by atoms with van der Waals surface area (Å²) in [5, 5.41) is 0. The summed E-state index contributed by atoms with van der Waals surface area (Å²) < 4.78 is 0. The van der Waals surface area contributed by atoms with Gasteiger partial charge in [0.2, 0.25) is 0 Å². The Labute approximate surface area is 99.0 Å². The molecule has 1 rings (SSSR count). The van der Waals surface area contributed by atoms with E-state index in [0.29, 0.717) is 5.41 Å². The fraction of sp³-hybridized carbons (Fsp3) is 1.00. The monoisotopic (exact) mass is 230 g/mol. The number of likely N-dealkylation sites (N-methyl/N-ethyl adjacent to an activating group) is 1. The normalized spacial score (nSPS) is 30.8. The number of thioether (sulfide) groups is 1. The van der Waals surface area contributed by atoms with Gasteiger partial charge in [0.1, 0.15) is 0 Å². The van der Waals surface area contributed by atoms with Crippen molar-refractivity contribution in [3.8, 4) is 0 Å². The molecule has 15 heavy (non-hydrogen) atoms. The number of nitrogens with two attached hydrogens (primary N) is 1. The maximum absolute atomic E-state index is 6.04. The molecule has 1 unspecified atom stereocenters. The van der Waals surface area contributed by atoms with Gasteiger partial charge in [-0.2, -0.15) is 11.8 Å². The van der Waals surface area contributed by atoms with Crippen molar-refractivity contribution in [1.82, 2.24) is 4.90 Å². The van der Waals surface area contributed by atoms with Crippen LogP contribution in [0.4, 0.5) is 0 Å². The fourth-order valence-corrected chi connectivity index (χ4v) is 4.19. The highest BCUT2D eigenvalue weighted by Crippen LogP contribution is 2.41. The summed E-state index contributed by atoms with van der Waals surface area (Å²) in [4.78, 5) is 2.49. The Morgan fingerprint density at radius 3 is 2.47 bits per heavy atom. The van der Waals surface area contributed by atoms with Crippen LogP contribution in [-0.4, -0.2) is 42.1 Å². The second kappa shape index (κ2) is 5.07. The molecule has 0 bridgehead atoms. The highest BCUT2D eigenvalue weighted by molar-refractivity contribution is 7.99. The molecule has 90 valence electrons. The van der Waals surface area contributed by atoms with Crippen LogP contribution < -0.4 is 5.73 Å². The van der Waals surface area contributed by atoms with Crippen LogP contribution in [0.2, 0.25) is 0 Å². The van der Waals surface area contributed by atoms with E-state index in [2.05, 4.69) is 44.5 Å². The predicted molar refractivity (Wildman–Crippen MR) is 70.4 cm³/mol. The minimum Gasteiger partial charge on any atom is -0.329 e. The number of hydrogen-bond acceptors (Lipinski definition) is 3. The first-order valence-corrected chi connectivity index (χ1v) is 7.10. The van der Waals surface area contributed by atoms with Gasteiger partial charge < -0.3 is 5.73 Å². The molecule has 1 aliphatic heterocycles. The van der Waals surface area contributed by atoms with Gasteiger partial charge in [0.15, 0.2) is 0 Å². The molecule has 1 heterocycles. The summed E-state index contributed by atoms with van der Waals surface area (Å²) >= 11 is 2.07. The Morgan fingerprint density at radius 2 is 2.00 bits per heavy atom. The molecule has 0 spiro atoms. The van der Waals surface area contributed by atoms with E-state index in [1.807, 2.05) is 0 Å². The summed E-state index contributed by atoms with van der Waals surface area (Å²) in [6.07, 6.45) is 2.45. The fourth-order valence-electron chi connectivity index (χ4n) is 2.61. The smallest absolute Gasteiger partial charge is 0.0424 e. The molecule has 1 saturated heterocycles.